The molecule has 4 rings (SSSR count). The van der Waals surface area contributed by atoms with Crippen LogP contribution in [0.5, 0.6) is 0 Å². The molecule has 1 N–H and O–H groups in total. The Morgan fingerprint density at radius 3 is 2.88 bits per heavy atom. The van der Waals surface area contributed by atoms with Crippen LogP contribution in [0.15, 0.2) is 47.6 Å². The molecule has 1 aromatic heterocycles. The van der Waals surface area contributed by atoms with Crippen molar-refractivity contribution >= 4 is 44.0 Å². The maximum atomic E-state index is 12.4. The molecule has 0 radical (unpaired) electrons. The molecule has 1 aliphatic rings. The molecule has 24 heavy (non-hydrogen) atoms. The van der Waals surface area contributed by atoms with Gasteiger partial charge in [0.25, 0.3) is 0 Å². The Kier molecular flexibility index (Phi) is 3.46. The Morgan fingerprint density at radius 1 is 1.25 bits per heavy atom. The summed E-state index contributed by atoms with van der Waals surface area (Å²) in [7, 11) is 0. The quantitative estimate of drug-likeness (QED) is 0.585. The number of aromatic nitrogens is 1. The molecule has 0 saturated heterocycles. The minimum atomic E-state index is -0.103. The van der Waals surface area contributed by atoms with Gasteiger partial charge in [0.05, 0.1) is 10.2 Å². The molecule has 0 saturated carbocycles. The van der Waals surface area contributed by atoms with Gasteiger partial charge < -0.3 is 0 Å². The van der Waals surface area contributed by atoms with Crippen LogP contribution in [0.1, 0.15) is 33.2 Å². The molecule has 0 aliphatic heterocycles. The number of para-hydroxylation sites is 1. The SMILES string of the molecule is CC(=O)c1ccc2c(c1)C/C(=N/Nc1nc3ccccc3s1)C2=O. The fourth-order valence-electron chi connectivity index (χ4n) is 2.72. The van der Waals surface area contributed by atoms with Crippen molar-refractivity contribution in [2.45, 2.75) is 13.3 Å². The Morgan fingerprint density at radius 2 is 2.08 bits per heavy atom. The van der Waals surface area contributed by atoms with Crippen molar-refractivity contribution in [1.82, 2.24) is 4.98 Å². The summed E-state index contributed by atoms with van der Waals surface area (Å²) in [5.74, 6) is -0.114. The average Bonchev–Trinajstić information content (AvgIpc) is 3.13. The molecular formula is C18H13N3O2S. The highest BCUT2D eigenvalue weighted by Gasteiger charge is 2.27. The van der Waals surface area contributed by atoms with E-state index in [9.17, 15) is 9.59 Å². The van der Waals surface area contributed by atoms with Gasteiger partial charge >= 0.3 is 0 Å². The maximum Gasteiger partial charge on any atom is 0.209 e. The zero-order chi connectivity index (χ0) is 16.7. The number of hydrogen-bond donors (Lipinski definition) is 1. The van der Waals surface area contributed by atoms with Gasteiger partial charge in [-0.25, -0.2) is 4.98 Å². The second kappa shape index (κ2) is 5.65. The Labute approximate surface area is 142 Å². The van der Waals surface area contributed by atoms with Gasteiger partial charge in [-0.15, -0.1) is 0 Å². The van der Waals surface area contributed by atoms with Crippen LogP contribution in [0, 0.1) is 0 Å². The Bertz CT molecular complexity index is 987. The number of hydrogen-bond acceptors (Lipinski definition) is 6. The second-order valence-corrected chi connectivity index (χ2v) is 6.62. The summed E-state index contributed by atoms with van der Waals surface area (Å²) in [6, 6.07) is 13.0. The third kappa shape index (κ3) is 2.51. The largest absolute Gasteiger partial charge is 0.295 e. The third-order valence-corrected chi connectivity index (χ3v) is 4.90. The van der Waals surface area contributed by atoms with Gasteiger partial charge in [-0.3, -0.25) is 15.0 Å². The molecule has 0 atom stereocenters. The van der Waals surface area contributed by atoms with E-state index in [1.165, 1.54) is 18.3 Å². The molecule has 118 valence electrons. The molecule has 1 aliphatic carbocycles. The molecule has 1 heterocycles. The monoisotopic (exact) mass is 335 g/mol. The van der Waals surface area contributed by atoms with Crippen LogP contribution < -0.4 is 5.43 Å². The van der Waals surface area contributed by atoms with Crippen molar-refractivity contribution in [3.05, 3.63) is 59.2 Å². The summed E-state index contributed by atoms with van der Waals surface area (Å²) in [5, 5.41) is 4.89. The summed E-state index contributed by atoms with van der Waals surface area (Å²) in [4.78, 5) is 28.3. The minimum Gasteiger partial charge on any atom is -0.295 e. The Hall–Kier alpha value is -2.86. The Balaban J connectivity index is 1.59. The van der Waals surface area contributed by atoms with E-state index < -0.39 is 0 Å². The first-order valence-electron chi connectivity index (χ1n) is 7.48. The molecule has 0 spiro atoms. The van der Waals surface area contributed by atoms with E-state index in [-0.39, 0.29) is 11.6 Å². The van der Waals surface area contributed by atoms with Gasteiger partial charge in [-0.2, -0.15) is 5.10 Å². The predicted octanol–water partition coefficient (Wildman–Crippen LogP) is 3.71. The maximum absolute atomic E-state index is 12.4. The summed E-state index contributed by atoms with van der Waals surface area (Å²) in [6.07, 6.45) is 0.424. The number of carbonyl (C=O) groups excluding carboxylic acids is 2. The first kappa shape index (κ1) is 14.7. The van der Waals surface area contributed by atoms with E-state index in [0.717, 1.165) is 15.8 Å². The van der Waals surface area contributed by atoms with E-state index in [1.807, 2.05) is 24.3 Å². The highest BCUT2D eigenvalue weighted by Crippen LogP contribution is 2.26. The number of fused-ring (bicyclic) bond motifs is 2. The van der Waals surface area contributed by atoms with E-state index in [4.69, 9.17) is 0 Å². The number of ketones is 2. The second-order valence-electron chi connectivity index (χ2n) is 5.59. The highest BCUT2D eigenvalue weighted by atomic mass is 32.1. The number of nitrogens with one attached hydrogen (secondary N) is 1. The number of anilines is 1. The number of benzene rings is 2. The summed E-state index contributed by atoms with van der Waals surface area (Å²) < 4.78 is 1.06. The molecule has 6 heteroatoms. The van der Waals surface area contributed by atoms with Crippen molar-refractivity contribution in [3.8, 4) is 0 Å². The zero-order valence-corrected chi connectivity index (χ0v) is 13.7. The smallest absolute Gasteiger partial charge is 0.209 e. The number of carbonyl (C=O) groups is 2. The standard InChI is InChI=1S/C18H13N3O2S/c1-10(22)11-6-7-13-12(8-11)9-15(17(13)23)20-21-18-19-14-4-2-3-5-16(14)24-18/h2-8H,9H2,1H3,(H,19,21)/b20-15-. The molecule has 0 unspecified atom stereocenters. The molecule has 3 aromatic rings. The van der Waals surface area contributed by atoms with Crippen LogP contribution in [0.25, 0.3) is 10.2 Å². The molecule has 0 bridgehead atoms. The van der Waals surface area contributed by atoms with Gasteiger partial charge in [0, 0.05) is 17.5 Å². The number of hydrazone groups is 1. The van der Waals surface area contributed by atoms with Gasteiger partial charge in [0.1, 0.15) is 5.71 Å². The van der Waals surface area contributed by atoms with Crippen LogP contribution >= 0.6 is 11.3 Å². The zero-order valence-electron chi connectivity index (χ0n) is 12.9. The minimum absolute atomic E-state index is 0.0109. The van der Waals surface area contributed by atoms with Gasteiger partial charge in [-0.05, 0) is 36.8 Å². The van der Waals surface area contributed by atoms with Gasteiger partial charge in [0.15, 0.2) is 5.78 Å². The number of thiazole rings is 1. The summed E-state index contributed by atoms with van der Waals surface area (Å²) >= 11 is 1.49. The van der Waals surface area contributed by atoms with E-state index >= 15 is 0 Å². The molecule has 0 fully saturated rings. The topological polar surface area (TPSA) is 71.4 Å². The predicted molar refractivity (Wildman–Crippen MR) is 95.2 cm³/mol. The van der Waals surface area contributed by atoms with Crippen LogP contribution in [-0.4, -0.2) is 22.3 Å². The van der Waals surface area contributed by atoms with E-state index in [2.05, 4.69) is 15.5 Å². The van der Waals surface area contributed by atoms with E-state index in [0.29, 0.717) is 28.4 Å². The molecule has 2 aromatic carbocycles. The van der Waals surface area contributed by atoms with Crippen molar-refractivity contribution in [3.63, 3.8) is 0 Å². The van der Waals surface area contributed by atoms with Crippen LogP contribution in [0.4, 0.5) is 5.13 Å². The molecular weight excluding hydrogens is 322 g/mol. The van der Waals surface area contributed by atoms with Crippen LogP contribution in [0.3, 0.4) is 0 Å². The number of Topliss-reactive ketones (excluding diaryl/α,β-unsaturated/α-hetero) is 2. The fourth-order valence-corrected chi connectivity index (χ4v) is 3.53. The van der Waals surface area contributed by atoms with Gasteiger partial charge in [-0.1, -0.05) is 29.5 Å². The van der Waals surface area contributed by atoms with E-state index in [1.54, 1.807) is 18.2 Å². The van der Waals surface area contributed by atoms with Crippen LogP contribution in [-0.2, 0) is 6.42 Å². The summed E-state index contributed by atoms with van der Waals surface area (Å²) in [5.41, 5.74) is 6.30. The lowest BCUT2D eigenvalue weighted by atomic mass is 10.0. The molecule has 0 amide bonds. The first-order chi connectivity index (χ1) is 11.6. The van der Waals surface area contributed by atoms with Crippen LogP contribution in [0.2, 0.25) is 0 Å². The third-order valence-electron chi connectivity index (χ3n) is 3.96. The lowest BCUT2D eigenvalue weighted by Crippen LogP contribution is -2.10. The lowest BCUT2D eigenvalue weighted by molar-refractivity contribution is 0.101. The lowest BCUT2D eigenvalue weighted by Gasteiger charge is -1.98. The first-order valence-corrected chi connectivity index (χ1v) is 8.30. The van der Waals surface area contributed by atoms with Crippen molar-refractivity contribution < 1.29 is 9.59 Å². The normalized spacial score (nSPS) is 15.0. The number of nitrogens with zero attached hydrogens (tertiary/aromatic N) is 2. The average molecular weight is 335 g/mol. The number of rotatable bonds is 3. The van der Waals surface area contributed by atoms with Crippen molar-refractivity contribution in [1.29, 1.82) is 0 Å². The van der Waals surface area contributed by atoms with Crippen molar-refractivity contribution in [2.24, 2.45) is 5.10 Å². The fraction of sp³-hybridized carbons (Fsp3) is 0.111. The molecule has 5 nitrogen and oxygen atoms in total. The highest BCUT2D eigenvalue weighted by molar-refractivity contribution is 7.22. The van der Waals surface area contributed by atoms with Gasteiger partial charge in [0.2, 0.25) is 10.9 Å². The summed E-state index contributed by atoms with van der Waals surface area (Å²) in [6.45, 7) is 1.52. The van der Waals surface area contributed by atoms with Crippen molar-refractivity contribution in [2.75, 3.05) is 5.43 Å².